The minimum atomic E-state index is 0.0326. The zero-order valence-electron chi connectivity index (χ0n) is 12.6. The van der Waals surface area contributed by atoms with Crippen LogP contribution in [0.1, 0.15) is 37.7 Å². The molecule has 0 radical (unpaired) electrons. The fraction of sp³-hybridized carbons (Fsp3) is 0.588. The Bertz CT molecular complexity index is 519. The van der Waals surface area contributed by atoms with E-state index >= 15 is 0 Å². The van der Waals surface area contributed by atoms with Crippen LogP contribution >= 0.6 is 11.8 Å². The summed E-state index contributed by atoms with van der Waals surface area (Å²) in [6, 6.07) is 8.69. The van der Waals surface area contributed by atoms with Crippen LogP contribution in [0.25, 0.3) is 0 Å². The topological polar surface area (TPSA) is 46.3 Å². The first-order valence-electron chi connectivity index (χ1n) is 7.98. The number of nitrogens with two attached hydrogens (primary N) is 1. The number of fused-ring (bicyclic) bond motifs is 1. The van der Waals surface area contributed by atoms with Gasteiger partial charge in [-0.1, -0.05) is 24.6 Å². The van der Waals surface area contributed by atoms with Gasteiger partial charge in [0.25, 0.3) is 0 Å². The maximum absolute atomic E-state index is 13.1. The van der Waals surface area contributed by atoms with E-state index in [-0.39, 0.29) is 5.92 Å². The van der Waals surface area contributed by atoms with E-state index in [9.17, 15) is 4.79 Å². The van der Waals surface area contributed by atoms with E-state index in [0.29, 0.717) is 24.4 Å². The number of thioether (sulfide) groups is 1. The zero-order chi connectivity index (χ0) is 14.8. The molecule has 3 nitrogen and oxygen atoms in total. The Morgan fingerprint density at radius 1 is 1.38 bits per heavy atom. The van der Waals surface area contributed by atoms with Crippen LogP contribution < -0.4 is 5.73 Å². The third-order valence-electron chi connectivity index (χ3n) is 4.94. The van der Waals surface area contributed by atoms with Gasteiger partial charge < -0.3 is 10.6 Å². The molecule has 1 aliphatic carbocycles. The molecule has 21 heavy (non-hydrogen) atoms. The lowest BCUT2D eigenvalue weighted by atomic mass is 9.96. The molecule has 0 aromatic heterocycles. The van der Waals surface area contributed by atoms with Gasteiger partial charge in [-0.05, 0) is 43.9 Å². The lowest BCUT2D eigenvalue weighted by molar-refractivity contribution is -0.135. The highest BCUT2D eigenvalue weighted by molar-refractivity contribution is 7.99. The van der Waals surface area contributed by atoms with E-state index in [2.05, 4.69) is 30.0 Å². The van der Waals surface area contributed by atoms with Crippen LogP contribution in [0.3, 0.4) is 0 Å². The van der Waals surface area contributed by atoms with Crippen molar-refractivity contribution < 1.29 is 4.79 Å². The van der Waals surface area contributed by atoms with E-state index in [1.165, 1.54) is 23.3 Å². The van der Waals surface area contributed by atoms with Gasteiger partial charge in [-0.15, -0.1) is 11.8 Å². The summed E-state index contributed by atoms with van der Waals surface area (Å²) in [6.07, 6.45) is 3.48. The van der Waals surface area contributed by atoms with Crippen molar-refractivity contribution in [2.45, 2.75) is 43.0 Å². The van der Waals surface area contributed by atoms with Crippen molar-refractivity contribution in [2.24, 2.45) is 11.7 Å². The van der Waals surface area contributed by atoms with Gasteiger partial charge in [0.2, 0.25) is 5.91 Å². The Morgan fingerprint density at radius 3 is 2.95 bits per heavy atom. The SMILES string of the molecule is CCN(C(=O)C1CSc2ccccc21)C1CCCC1CN. The van der Waals surface area contributed by atoms with Crippen molar-refractivity contribution in [2.75, 3.05) is 18.8 Å². The Morgan fingerprint density at radius 2 is 2.19 bits per heavy atom. The molecule has 3 rings (SSSR count). The Labute approximate surface area is 131 Å². The third kappa shape index (κ3) is 2.71. The maximum Gasteiger partial charge on any atom is 0.231 e. The van der Waals surface area contributed by atoms with Crippen LogP contribution in [0.2, 0.25) is 0 Å². The number of benzene rings is 1. The monoisotopic (exact) mass is 304 g/mol. The predicted molar refractivity (Wildman–Crippen MR) is 87.5 cm³/mol. The molecule has 3 unspecified atom stereocenters. The molecule has 2 N–H and O–H groups in total. The van der Waals surface area contributed by atoms with Crippen LogP contribution in [0.5, 0.6) is 0 Å². The number of rotatable bonds is 4. The molecular formula is C17H24N2OS. The number of hydrogen-bond donors (Lipinski definition) is 1. The van der Waals surface area contributed by atoms with Gasteiger partial charge in [0, 0.05) is 23.2 Å². The second-order valence-corrected chi connectivity index (χ2v) is 7.08. The normalized spacial score (nSPS) is 27.6. The molecule has 2 aliphatic rings. The summed E-state index contributed by atoms with van der Waals surface area (Å²) in [5.74, 6) is 1.71. The summed E-state index contributed by atoms with van der Waals surface area (Å²) in [5, 5.41) is 0. The van der Waals surface area contributed by atoms with Gasteiger partial charge in [-0.3, -0.25) is 4.79 Å². The van der Waals surface area contributed by atoms with E-state index in [4.69, 9.17) is 5.73 Å². The molecule has 1 aromatic rings. The molecule has 1 heterocycles. The average molecular weight is 304 g/mol. The summed E-state index contributed by atoms with van der Waals surface area (Å²) in [7, 11) is 0. The first kappa shape index (κ1) is 14.9. The zero-order valence-corrected chi connectivity index (χ0v) is 13.4. The lowest BCUT2D eigenvalue weighted by Crippen LogP contribution is -2.46. The molecule has 1 fully saturated rings. The second kappa shape index (κ2) is 6.41. The molecule has 4 heteroatoms. The molecule has 0 bridgehead atoms. The Hall–Kier alpha value is -1.00. The molecule has 1 aliphatic heterocycles. The molecule has 114 valence electrons. The van der Waals surface area contributed by atoms with Crippen molar-refractivity contribution in [1.82, 2.24) is 4.90 Å². The second-order valence-electron chi connectivity index (χ2n) is 6.02. The molecular weight excluding hydrogens is 280 g/mol. The van der Waals surface area contributed by atoms with Gasteiger partial charge >= 0.3 is 0 Å². The van der Waals surface area contributed by atoms with E-state index in [1.807, 2.05) is 17.8 Å². The largest absolute Gasteiger partial charge is 0.339 e. The summed E-state index contributed by atoms with van der Waals surface area (Å²) in [5.41, 5.74) is 7.12. The van der Waals surface area contributed by atoms with E-state index < -0.39 is 0 Å². The molecule has 0 spiro atoms. The highest BCUT2D eigenvalue weighted by Gasteiger charge is 2.38. The van der Waals surface area contributed by atoms with Crippen LogP contribution in [-0.2, 0) is 4.79 Å². The van der Waals surface area contributed by atoms with Gasteiger partial charge in [-0.25, -0.2) is 0 Å². The van der Waals surface area contributed by atoms with Crippen LogP contribution in [0.15, 0.2) is 29.2 Å². The highest BCUT2D eigenvalue weighted by Crippen LogP contribution is 2.41. The fourth-order valence-corrected chi connectivity index (χ4v) is 5.04. The lowest BCUT2D eigenvalue weighted by Gasteiger charge is -2.34. The number of likely N-dealkylation sites (N-methyl/N-ethyl adjacent to an activating group) is 1. The number of carbonyl (C=O) groups is 1. The fourth-order valence-electron chi connectivity index (χ4n) is 3.82. The number of hydrogen-bond acceptors (Lipinski definition) is 3. The average Bonchev–Trinajstić information content (AvgIpc) is 3.14. The van der Waals surface area contributed by atoms with Crippen molar-refractivity contribution in [3.63, 3.8) is 0 Å². The molecule has 1 amide bonds. The standard InChI is InChI=1S/C17H24N2OS/c1-2-19(15-8-5-6-12(15)10-18)17(20)14-11-21-16-9-4-3-7-13(14)16/h3-4,7,9,12,14-15H,2,5-6,8,10-11,18H2,1H3. The number of nitrogens with zero attached hydrogens (tertiary/aromatic N) is 1. The molecule has 0 saturated heterocycles. The van der Waals surface area contributed by atoms with E-state index in [1.54, 1.807) is 0 Å². The third-order valence-corrected chi connectivity index (χ3v) is 6.13. The van der Waals surface area contributed by atoms with Crippen LogP contribution in [-0.4, -0.2) is 35.7 Å². The van der Waals surface area contributed by atoms with Crippen molar-refractivity contribution in [3.8, 4) is 0 Å². The van der Waals surface area contributed by atoms with E-state index in [0.717, 1.165) is 18.7 Å². The van der Waals surface area contributed by atoms with Crippen molar-refractivity contribution >= 4 is 17.7 Å². The summed E-state index contributed by atoms with van der Waals surface area (Å²) in [4.78, 5) is 16.4. The number of carbonyl (C=O) groups excluding carboxylic acids is 1. The summed E-state index contributed by atoms with van der Waals surface area (Å²) >= 11 is 1.81. The smallest absolute Gasteiger partial charge is 0.231 e. The van der Waals surface area contributed by atoms with Gasteiger partial charge in [-0.2, -0.15) is 0 Å². The van der Waals surface area contributed by atoms with Gasteiger partial charge in [0.15, 0.2) is 0 Å². The Balaban J connectivity index is 1.80. The summed E-state index contributed by atoms with van der Waals surface area (Å²) in [6.45, 7) is 3.59. The van der Waals surface area contributed by atoms with Crippen LogP contribution in [0, 0.1) is 5.92 Å². The quantitative estimate of drug-likeness (QED) is 0.930. The van der Waals surface area contributed by atoms with Gasteiger partial charge in [0.1, 0.15) is 0 Å². The first-order chi connectivity index (χ1) is 10.3. The van der Waals surface area contributed by atoms with Crippen LogP contribution in [0.4, 0.5) is 0 Å². The van der Waals surface area contributed by atoms with Gasteiger partial charge in [0.05, 0.1) is 5.92 Å². The Kier molecular flexibility index (Phi) is 4.55. The van der Waals surface area contributed by atoms with Crippen molar-refractivity contribution in [1.29, 1.82) is 0 Å². The summed E-state index contributed by atoms with van der Waals surface area (Å²) < 4.78 is 0. The van der Waals surface area contributed by atoms with Crippen molar-refractivity contribution in [3.05, 3.63) is 29.8 Å². The highest BCUT2D eigenvalue weighted by atomic mass is 32.2. The molecule has 1 aromatic carbocycles. The maximum atomic E-state index is 13.1. The minimum absolute atomic E-state index is 0.0326. The first-order valence-corrected chi connectivity index (χ1v) is 8.97. The predicted octanol–water partition coefficient (Wildman–Crippen LogP) is 2.85. The molecule has 3 atom stereocenters. The molecule has 1 saturated carbocycles. The number of amides is 1. The minimum Gasteiger partial charge on any atom is -0.339 e.